The van der Waals surface area contributed by atoms with Gasteiger partial charge >= 0.3 is 0 Å². The summed E-state index contributed by atoms with van der Waals surface area (Å²) < 4.78 is 1.06. The van der Waals surface area contributed by atoms with Crippen LogP contribution < -0.4 is 11.1 Å². The van der Waals surface area contributed by atoms with Gasteiger partial charge in [-0.25, -0.2) is 0 Å². The zero-order valence-corrected chi connectivity index (χ0v) is 15.1. The van der Waals surface area contributed by atoms with Gasteiger partial charge in [0.15, 0.2) is 0 Å². The second-order valence-corrected chi connectivity index (χ2v) is 6.78. The highest BCUT2D eigenvalue weighted by Gasteiger charge is 2.23. The minimum atomic E-state index is -0.299. The van der Waals surface area contributed by atoms with E-state index in [1.807, 2.05) is 62.4 Å². The van der Waals surface area contributed by atoms with E-state index < -0.39 is 0 Å². The molecule has 0 spiro atoms. The van der Waals surface area contributed by atoms with Crippen LogP contribution in [-0.4, -0.2) is 11.9 Å². The molecule has 0 radical (unpaired) electrons. The average Bonchev–Trinajstić information content (AvgIpc) is 2.56. The predicted molar refractivity (Wildman–Crippen MR) is 98.0 cm³/mol. The summed E-state index contributed by atoms with van der Waals surface area (Å²) in [5.74, 6) is -0.292. The van der Waals surface area contributed by atoms with E-state index in [0.29, 0.717) is 0 Å². The van der Waals surface area contributed by atoms with E-state index in [1.54, 1.807) is 0 Å². The molecule has 3 N–H and O–H groups in total. The Morgan fingerprint density at radius 1 is 1.09 bits per heavy atom. The van der Waals surface area contributed by atoms with Gasteiger partial charge in [-0.2, -0.15) is 0 Å². The summed E-state index contributed by atoms with van der Waals surface area (Å²) in [5.41, 5.74) is 8.38. The summed E-state index contributed by atoms with van der Waals surface area (Å²) in [4.78, 5) is 12.4. The molecular formula is C19H23BrN2O. The van der Waals surface area contributed by atoms with Crippen LogP contribution in [0, 0.1) is 5.92 Å². The number of halogens is 1. The standard InChI is InChI=1S/C19H23BrN2O/c1-13(12-16-10-6-7-11-17(16)20)22-19(23)14(2)18(21)15-8-4-3-5-9-15/h3-11,13-14,18H,12,21H2,1-2H3,(H,22,23). The third kappa shape index (κ3) is 4.91. The van der Waals surface area contributed by atoms with Gasteiger partial charge in [-0.15, -0.1) is 0 Å². The smallest absolute Gasteiger partial charge is 0.224 e. The van der Waals surface area contributed by atoms with Crippen molar-refractivity contribution in [3.63, 3.8) is 0 Å². The van der Waals surface area contributed by atoms with Gasteiger partial charge in [-0.3, -0.25) is 4.79 Å². The number of benzene rings is 2. The van der Waals surface area contributed by atoms with Crippen LogP contribution in [0.1, 0.15) is 31.0 Å². The normalized spacial score (nSPS) is 14.8. The van der Waals surface area contributed by atoms with Crippen molar-refractivity contribution >= 4 is 21.8 Å². The van der Waals surface area contributed by atoms with Gasteiger partial charge in [0.1, 0.15) is 0 Å². The Morgan fingerprint density at radius 2 is 1.70 bits per heavy atom. The molecule has 3 atom stereocenters. The van der Waals surface area contributed by atoms with Crippen LogP contribution in [0.15, 0.2) is 59.1 Å². The summed E-state index contributed by atoms with van der Waals surface area (Å²) in [6.45, 7) is 3.89. The Morgan fingerprint density at radius 3 is 2.35 bits per heavy atom. The van der Waals surface area contributed by atoms with Gasteiger partial charge < -0.3 is 11.1 Å². The van der Waals surface area contributed by atoms with Crippen LogP contribution in [0.4, 0.5) is 0 Å². The topological polar surface area (TPSA) is 55.1 Å². The molecule has 0 saturated carbocycles. The highest BCUT2D eigenvalue weighted by Crippen LogP contribution is 2.20. The summed E-state index contributed by atoms with van der Waals surface area (Å²) in [5, 5.41) is 3.07. The maximum absolute atomic E-state index is 12.4. The molecule has 122 valence electrons. The highest BCUT2D eigenvalue weighted by atomic mass is 79.9. The molecule has 3 nitrogen and oxygen atoms in total. The van der Waals surface area contributed by atoms with Crippen molar-refractivity contribution in [1.29, 1.82) is 0 Å². The molecular weight excluding hydrogens is 352 g/mol. The molecule has 0 bridgehead atoms. The molecule has 4 heteroatoms. The molecule has 0 aliphatic rings. The van der Waals surface area contributed by atoms with Crippen LogP contribution in [0.3, 0.4) is 0 Å². The molecule has 2 aromatic rings. The van der Waals surface area contributed by atoms with E-state index in [9.17, 15) is 4.79 Å². The van der Waals surface area contributed by atoms with E-state index in [-0.39, 0.29) is 23.9 Å². The molecule has 2 aromatic carbocycles. The van der Waals surface area contributed by atoms with E-state index in [1.165, 1.54) is 5.56 Å². The zero-order chi connectivity index (χ0) is 16.8. The lowest BCUT2D eigenvalue weighted by atomic mass is 9.94. The van der Waals surface area contributed by atoms with Gasteiger partial charge in [-0.05, 0) is 30.5 Å². The quantitative estimate of drug-likeness (QED) is 0.806. The number of nitrogens with two attached hydrogens (primary N) is 1. The van der Waals surface area contributed by atoms with Gasteiger partial charge in [0.2, 0.25) is 5.91 Å². The van der Waals surface area contributed by atoms with E-state index in [4.69, 9.17) is 5.73 Å². The minimum absolute atomic E-state index is 0.0130. The SMILES string of the molecule is CC(Cc1ccccc1Br)NC(=O)C(C)C(N)c1ccccc1. The second-order valence-electron chi connectivity index (χ2n) is 5.93. The van der Waals surface area contributed by atoms with E-state index in [0.717, 1.165) is 16.5 Å². The second kappa shape index (κ2) is 8.27. The molecule has 0 fully saturated rings. The average molecular weight is 375 g/mol. The lowest BCUT2D eigenvalue weighted by molar-refractivity contribution is -0.125. The van der Waals surface area contributed by atoms with Crippen LogP contribution >= 0.6 is 15.9 Å². The number of hydrogen-bond donors (Lipinski definition) is 2. The summed E-state index contributed by atoms with van der Waals surface area (Å²) in [7, 11) is 0. The maximum Gasteiger partial charge on any atom is 0.224 e. The fourth-order valence-corrected chi connectivity index (χ4v) is 2.99. The zero-order valence-electron chi connectivity index (χ0n) is 13.5. The third-order valence-corrected chi connectivity index (χ3v) is 4.78. The van der Waals surface area contributed by atoms with Crippen LogP contribution in [0.5, 0.6) is 0 Å². The van der Waals surface area contributed by atoms with Gasteiger partial charge in [0.05, 0.1) is 5.92 Å². The lowest BCUT2D eigenvalue weighted by Crippen LogP contribution is -2.41. The fourth-order valence-electron chi connectivity index (χ4n) is 2.55. The molecule has 2 rings (SSSR count). The Hall–Kier alpha value is -1.65. The molecule has 1 amide bonds. The number of nitrogens with one attached hydrogen (secondary N) is 1. The third-order valence-electron chi connectivity index (χ3n) is 4.01. The van der Waals surface area contributed by atoms with Crippen molar-refractivity contribution in [2.75, 3.05) is 0 Å². The first-order chi connectivity index (χ1) is 11.0. The first kappa shape index (κ1) is 17.7. The highest BCUT2D eigenvalue weighted by molar-refractivity contribution is 9.10. The first-order valence-electron chi connectivity index (χ1n) is 7.83. The Balaban J connectivity index is 1.94. The van der Waals surface area contributed by atoms with Gasteiger partial charge in [0, 0.05) is 16.6 Å². The first-order valence-corrected chi connectivity index (χ1v) is 8.62. The minimum Gasteiger partial charge on any atom is -0.353 e. The molecule has 0 heterocycles. The number of hydrogen-bond acceptors (Lipinski definition) is 2. The van der Waals surface area contributed by atoms with Crippen molar-refractivity contribution in [3.05, 3.63) is 70.2 Å². The molecule has 0 aromatic heterocycles. The van der Waals surface area contributed by atoms with Crippen molar-refractivity contribution in [1.82, 2.24) is 5.32 Å². The largest absolute Gasteiger partial charge is 0.353 e. The molecule has 0 saturated heterocycles. The Bertz CT molecular complexity index is 645. The summed E-state index contributed by atoms with van der Waals surface area (Å²) in [6, 6.07) is 17.5. The molecule has 0 aliphatic heterocycles. The van der Waals surface area contributed by atoms with Crippen molar-refractivity contribution in [2.24, 2.45) is 11.7 Å². The van der Waals surface area contributed by atoms with Crippen LogP contribution in [0.2, 0.25) is 0 Å². The van der Waals surface area contributed by atoms with Crippen molar-refractivity contribution in [3.8, 4) is 0 Å². The monoisotopic (exact) mass is 374 g/mol. The van der Waals surface area contributed by atoms with Crippen LogP contribution in [0.25, 0.3) is 0 Å². The molecule has 0 aliphatic carbocycles. The summed E-state index contributed by atoms with van der Waals surface area (Å²) >= 11 is 3.54. The summed E-state index contributed by atoms with van der Waals surface area (Å²) in [6.07, 6.45) is 0.778. The fraction of sp³-hybridized carbons (Fsp3) is 0.316. The van der Waals surface area contributed by atoms with Crippen LogP contribution in [-0.2, 0) is 11.2 Å². The van der Waals surface area contributed by atoms with Crippen molar-refractivity contribution < 1.29 is 4.79 Å². The maximum atomic E-state index is 12.4. The number of carbonyl (C=O) groups excluding carboxylic acids is 1. The predicted octanol–water partition coefficient (Wildman–Crippen LogP) is 3.83. The van der Waals surface area contributed by atoms with E-state index >= 15 is 0 Å². The molecule has 3 unspecified atom stereocenters. The number of amides is 1. The van der Waals surface area contributed by atoms with E-state index in [2.05, 4.69) is 27.3 Å². The number of rotatable bonds is 6. The molecule has 23 heavy (non-hydrogen) atoms. The Kier molecular flexibility index (Phi) is 6.37. The van der Waals surface area contributed by atoms with Gasteiger partial charge in [0.25, 0.3) is 0 Å². The lowest BCUT2D eigenvalue weighted by Gasteiger charge is -2.22. The van der Waals surface area contributed by atoms with Crippen molar-refractivity contribution in [2.45, 2.75) is 32.4 Å². The van der Waals surface area contributed by atoms with Gasteiger partial charge in [-0.1, -0.05) is 71.4 Å². The number of carbonyl (C=O) groups is 1. The Labute approximate surface area is 146 Å².